The predicted molar refractivity (Wildman–Crippen MR) is 95.4 cm³/mol. The summed E-state index contributed by atoms with van der Waals surface area (Å²) in [5, 5.41) is 0. The zero-order chi connectivity index (χ0) is 15.7. The van der Waals surface area contributed by atoms with Gasteiger partial charge in [-0.05, 0) is 49.1 Å². The van der Waals surface area contributed by atoms with E-state index in [4.69, 9.17) is 11.6 Å². The van der Waals surface area contributed by atoms with Crippen molar-refractivity contribution >= 4 is 44.8 Å². The van der Waals surface area contributed by atoms with Crippen molar-refractivity contribution < 1.29 is 4.79 Å². The Morgan fingerprint density at radius 1 is 1.41 bits per heavy atom. The van der Waals surface area contributed by atoms with Gasteiger partial charge in [-0.25, -0.2) is 0 Å². The summed E-state index contributed by atoms with van der Waals surface area (Å²) in [4.78, 5) is 15.8. The molecule has 2 atom stereocenters. The van der Waals surface area contributed by atoms with Gasteiger partial charge < -0.3 is 4.90 Å². The van der Waals surface area contributed by atoms with Crippen molar-refractivity contribution in [1.29, 1.82) is 0 Å². The molecule has 2 unspecified atom stereocenters. The molecule has 1 heterocycles. The third-order valence-corrected chi connectivity index (χ3v) is 5.76. The highest BCUT2D eigenvalue weighted by Crippen LogP contribution is 2.49. The third-order valence-electron chi connectivity index (χ3n) is 4.05. The number of amides is 1. The molecule has 0 N–H and O–H groups in total. The minimum Gasteiger partial charge on any atom is -0.338 e. The molecule has 2 aromatic rings. The first kappa shape index (κ1) is 16.0. The maximum atomic E-state index is 12.7. The fraction of sp³-hybridized carbons (Fsp3) is 0.353. The maximum absolute atomic E-state index is 12.7. The smallest absolute Gasteiger partial charge is 0.226 e. The lowest BCUT2D eigenvalue weighted by molar-refractivity contribution is -0.133. The number of nitrogens with zero attached hydrogens (tertiary/aromatic N) is 1. The average Bonchev–Trinajstić information content (AvgIpc) is 3.20. The molecular formula is C17H17BrClNOS. The van der Waals surface area contributed by atoms with Gasteiger partial charge in [0.1, 0.15) is 0 Å². The van der Waals surface area contributed by atoms with Crippen molar-refractivity contribution in [1.82, 2.24) is 4.90 Å². The molecule has 0 radical (unpaired) electrons. The van der Waals surface area contributed by atoms with Gasteiger partial charge in [-0.15, -0.1) is 11.3 Å². The van der Waals surface area contributed by atoms with E-state index in [1.807, 2.05) is 36.1 Å². The van der Waals surface area contributed by atoms with Gasteiger partial charge in [0, 0.05) is 21.8 Å². The molecule has 0 spiro atoms. The van der Waals surface area contributed by atoms with Crippen molar-refractivity contribution in [2.75, 3.05) is 6.54 Å². The number of carbonyl (C=O) groups excluding carboxylic acids is 1. The Kier molecular flexibility index (Phi) is 4.91. The Morgan fingerprint density at radius 3 is 2.86 bits per heavy atom. The van der Waals surface area contributed by atoms with Crippen LogP contribution in [0.25, 0.3) is 0 Å². The van der Waals surface area contributed by atoms with E-state index in [-0.39, 0.29) is 11.8 Å². The predicted octanol–water partition coefficient (Wildman–Crippen LogP) is 5.32. The molecule has 0 aliphatic heterocycles. The molecule has 1 aliphatic rings. The molecule has 2 nitrogen and oxygen atoms in total. The first-order valence-electron chi connectivity index (χ1n) is 7.37. The lowest BCUT2D eigenvalue weighted by Crippen LogP contribution is -2.31. The summed E-state index contributed by atoms with van der Waals surface area (Å²) in [6.07, 6.45) is 0.955. The van der Waals surface area contributed by atoms with E-state index in [1.54, 1.807) is 11.3 Å². The van der Waals surface area contributed by atoms with Gasteiger partial charge in [0.25, 0.3) is 0 Å². The van der Waals surface area contributed by atoms with Crippen LogP contribution in [0.15, 0.2) is 40.9 Å². The number of hydrogen-bond donors (Lipinski definition) is 0. The van der Waals surface area contributed by atoms with E-state index >= 15 is 0 Å². The fourth-order valence-electron chi connectivity index (χ4n) is 2.78. The highest BCUT2D eigenvalue weighted by molar-refractivity contribution is 9.10. The van der Waals surface area contributed by atoms with Crippen LogP contribution in [0, 0.1) is 5.92 Å². The van der Waals surface area contributed by atoms with Crippen LogP contribution in [0.3, 0.4) is 0 Å². The van der Waals surface area contributed by atoms with E-state index in [0.29, 0.717) is 12.5 Å². The van der Waals surface area contributed by atoms with Crippen LogP contribution < -0.4 is 0 Å². The van der Waals surface area contributed by atoms with Gasteiger partial charge in [-0.1, -0.05) is 39.7 Å². The second kappa shape index (κ2) is 6.73. The van der Waals surface area contributed by atoms with Crippen LogP contribution >= 0.6 is 38.9 Å². The summed E-state index contributed by atoms with van der Waals surface area (Å²) in [6, 6.07) is 12.2. The molecule has 1 amide bonds. The summed E-state index contributed by atoms with van der Waals surface area (Å²) < 4.78 is 1.85. The van der Waals surface area contributed by atoms with Crippen LogP contribution in [-0.2, 0) is 11.3 Å². The van der Waals surface area contributed by atoms with Crippen LogP contribution in [-0.4, -0.2) is 17.4 Å². The molecule has 22 heavy (non-hydrogen) atoms. The first-order chi connectivity index (χ1) is 10.6. The van der Waals surface area contributed by atoms with Crippen molar-refractivity contribution in [3.63, 3.8) is 0 Å². The fourth-order valence-corrected chi connectivity index (χ4v) is 4.30. The van der Waals surface area contributed by atoms with Crippen molar-refractivity contribution in [3.8, 4) is 0 Å². The molecular weight excluding hydrogens is 382 g/mol. The van der Waals surface area contributed by atoms with Crippen LogP contribution in [0.4, 0.5) is 0 Å². The summed E-state index contributed by atoms with van der Waals surface area (Å²) in [6.45, 7) is 3.42. The molecule has 1 aromatic carbocycles. The minimum absolute atomic E-state index is 0.129. The van der Waals surface area contributed by atoms with E-state index in [9.17, 15) is 4.79 Å². The molecule has 0 bridgehead atoms. The van der Waals surface area contributed by atoms with Crippen LogP contribution in [0.5, 0.6) is 0 Å². The highest BCUT2D eigenvalue weighted by atomic mass is 79.9. The molecule has 1 aliphatic carbocycles. The Balaban J connectivity index is 1.66. The van der Waals surface area contributed by atoms with Gasteiger partial charge >= 0.3 is 0 Å². The quantitative estimate of drug-likeness (QED) is 0.668. The molecule has 0 saturated heterocycles. The van der Waals surface area contributed by atoms with Gasteiger partial charge in [-0.3, -0.25) is 4.79 Å². The summed E-state index contributed by atoms with van der Waals surface area (Å²) in [5.41, 5.74) is 1.25. The monoisotopic (exact) mass is 397 g/mol. The summed E-state index contributed by atoms with van der Waals surface area (Å²) in [5.74, 6) is 0.757. The number of carbonyl (C=O) groups is 1. The summed E-state index contributed by atoms with van der Waals surface area (Å²) >= 11 is 11.0. The lowest BCUT2D eigenvalue weighted by Gasteiger charge is -2.20. The molecule has 3 rings (SSSR count). The first-order valence-corrected chi connectivity index (χ1v) is 9.35. The number of hydrogen-bond acceptors (Lipinski definition) is 2. The van der Waals surface area contributed by atoms with Gasteiger partial charge in [-0.2, -0.15) is 0 Å². The van der Waals surface area contributed by atoms with Gasteiger partial charge in [0.15, 0.2) is 0 Å². The van der Waals surface area contributed by atoms with E-state index in [1.165, 1.54) is 5.56 Å². The number of thiophene rings is 1. The molecule has 1 aromatic heterocycles. The van der Waals surface area contributed by atoms with E-state index < -0.39 is 0 Å². The average molecular weight is 399 g/mol. The minimum atomic E-state index is 0.129. The number of benzene rings is 1. The Morgan fingerprint density at radius 2 is 2.23 bits per heavy atom. The topological polar surface area (TPSA) is 20.3 Å². The standard InChI is InChI=1S/C17H17BrClNOS/c1-2-20(10-13-6-7-16(19)22-13)17(21)15-9-14(15)11-4-3-5-12(18)8-11/h3-8,14-15H,2,9-10H2,1H3. The number of rotatable bonds is 5. The summed E-state index contributed by atoms with van der Waals surface area (Å²) in [7, 11) is 0. The van der Waals surface area contributed by atoms with Gasteiger partial charge in [0.2, 0.25) is 5.91 Å². The van der Waals surface area contributed by atoms with E-state index in [2.05, 4.69) is 28.1 Å². The Labute approximate surface area is 148 Å². The largest absolute Gasteiger partial charge is 0.338 e. The van der Waals surface area contributed by atoms with Crippen molar-refractivity contribution in [2.45, 2.75) is 25.8 Å². The van der Waals surface area contributed by atoms with Gasteiger partial charge in [0.05, 0.1) is 10.9 Å². The second-order valence-electron chi connectivity index (χ2n) is 5.56. The third kappa shape index (κ3) is 3.55. The second-order valence-corrected chi connectivity index (χ2v) is 8.28. The molecule has 1 fully saturated rings. The molecule has 5 heteroatoms. The Hall–Kier alpha value is -0.840. The van der Waals surface area contributed by atoms with E-state index in [0.717, 1.165) is 26.7 Å². The van der Waals surface area contributed by atoms with Crippen LogP contribution in [0.1, 0.15) is 29.7 Å². The maximum Gasteiger partial charge on any atom is 0.226 e. The highest BCUT2D eigenvalue weighted by Gasteiger charge is 2.45. The normalized spacial score (nSPS) is 20.0. The lowest BCUT2D eigenvalue weighted by atomic mass is 10.1. The Bertz CT molecular complexity index is 687. The van der Waals surface area contributed by atoms with Crippen molar-refractivity contribution in [2.24, 2.45) is 5.92 Å². The molecule has 1 saturated carbocycles. The zero-order valence-corrected chi connectivity index (χ0v) is 15.4. The van der Waals surface area contributed by atoms with Crippen LogP contribution in [0.2, 0.25) is 4.34 Å². The van der Waals surface area contributed by atoms with Crippen molar-refractivity contribution in [3.05, 3.63) is 55.6 Å². The number of halogens is 2. The SMILES string of the molecule is CCN(Cc1ccc(Cl)s1)C(=O)C1CC1c1cccc(Br)c1. The molecule has 116 valence electrons. The zero-order valence-electron chi connectivity index (χ0n) is 12.3.